The number of nitrogens with zero attached hydrogens (tertiary/aromatic N) is 1. The number of amides is 1. The van der Waals surface area contributed by atoms with Crippen molar-refractivity contribution in [1.82, 2.24) is 4.98 Å². The molecule has 1 heterocycles. The van der Waals surface area contributed by atoms with Gasteiger partial charge in [0.05, 0.1) is 0 Å². The maximum Gasteiger partial charge on any atom is 0.413 e. The lowest BCUT2D eigenvalue weighted by molar-refractivity contribution is 0.0635. The number of carbonyl (C=O) groups is 1. The summed E-state index contributed by atoms with van der Waals surface area (Å²) >= 11 is 7.55. The Morgan fingerprint density at radius 3 is 2.71 bits per heavy atom. The van der Waals surface area contributed by atoms with Crippen molar-refractivity contribution in [3.05, 3.63) is 34.2 Å². The van der Waals surface area contributed by atoms with E-state index in [-0.39, 0.29) is 0 Å². The highest BCUT2D eigenvalue weighted by atomic mass is 35.5. The summed E-state index contributed by atoms with van der Waals surface area (Å²) in [6.45, 7) is 7.39. The average molecular weight is 325 g/mol. The van der Waals surface area contributed by atoms with Gasteiger partial charge < -0.3 is 4.74 Å². The van der Waals surface area contributed by atoms with Crippen LogP contribution in [0.25, 0.3) is 10.6 Å². The molecule has 6 heteroatoms. The van der Waals surface area contributed by atoms with Gasteiger partial charge in [0.1, 0.15) is 16.4 Å². The maximum absolute atomic E-state index is 11.7. The van der Waals surface area contributed by atoms with Gasteiger partial charge in [-0.25, -0.2) is 9.78 Å². The van der Waals surface area contributed by atoms with Crippen LogP contribution in [0.2, 0.25) is 5.02 Å². The highest BCUT2D eigenvalue weighted by Crippen LogP contribution is 2.29. The van der Waals surface area contributed by atoms with Crippen molar-refractivity contribution in [2.45, 2.75) is 33.3 Å². The van der Waals surface area contributed by atoms with E-state index >= 15 is 0 Å². The number of aromatic nitrogens is 1. The molecule has 0 aliphatic heterocycles. The smallest absolute Gasteiger partial charge is 0.413 e. The molecule has 0 unspecified atom stereocenters. The van der Waals surface area contributed by atoms with Gasteiger partial charge in [-0.05, 0) is 39.3 Å². The molecule has 0 fully saturated rings. The number of rotatable bonds is 2. The normalized spacial score (nSPS) is 11.3. The first-order chi connectivity index (χ1) is 9.74. The second-order valence-electron chi connectivity index (χ2n) is 5.63. The Morgan fingerprint density at radius 1 is 1.38 bits per heavy atom. The molecular weight excluding hydrogens is 308 g/mol. The Balaban J connectivity index is 2.11. The number of hydrogen-bond donors (Lipinski definition) is 1. The van der Waals surface area contributed by atoms with Crippen molar-refractivity contribution < 1.29 is 9.53 Å². The zero-order chi connectivity index (χ0) is 15.6. The second kappa shape index (κ2) is 6.03. The van der Waals surface area contributed by atoms with E-state index in [0.717, 1.165) is 16.1 Å². The van der Waals surface area contributed by atoms with E-state index in [1.807, 2.05) is 45.9 Å². The first-order valence-corrected chi connectivity index (χ1v) is 7.72. The number of nitrogens with one attached hydrogen (secondary N) is 1. The highest BCUT2D eigenvalue weighted by Gasteiger charge is 2.17. The molecule has 1 aromatic carbocycles. The number of carbonyl (C=O) groups excluding carboxylic acids is 1. The Labute approximate surface area is 133 Å². The molecule has 0 saturated heterocycles. The van der Waals surface area contributed by atoms with Crippen molar-refractivity contribution in [3.8, 4) is 10.6 Å². The zero-order valence-electron chi connectivity index (χ0n) is 12.4. The topological polar surface area (TPSA) is 51.2 Å². The fourth-order valence-corrected chi connectivity index (χ4v) is 2.53. The van der Waals surface area contributed by atoms with Crippen LogP contribution in [0.15, 0.2) is 23.6 Å². The fraction of sp³-hybridized carbons (Fsp3) is 0.333. The summed E-state index contributed by atoms with van der Waals surface area (Å²) in [6.07, 6.45) is -0.513. The molecule has 21 heavy (non-hydrogen) atoms. The fourth-order valence-electron chi connectivity index (χ4n) is 1.60. The summed E-state index contributed by atoms with van der Waals surface area (Å²) in [6, 6.07) is 5.77. The van der Waals surface area contributed by atoms with E-state index < -0.39 is 11.7 Å². The van der Waals surface area contributed by atoms with Gasteiger partial charge in [0.15, 0.2) is 0 Å². The van der Waals surface area contributed by atoms with Crippen LogP contribution in [0.4, 0.5) is 10.6 Å². The van der Waals surface area contributed by atoms with Gasteiger partial charge in [-0.3, -0.25) is 5.32 Å². The Hall–Kier alpha value is -1.59. The van der Waals surface area contributed by atoms with Crippen LogP contribution in [0, 0.1) is 6.92 Å². The third-order valence-electron chi connectivity index (χ3n) is 2.55. The van der Waals surface area contributed by atoms with E-state index in [0.29, 0.717) is 10.8 Å². The molecule has 0 atom stereocenters. The van der Waals surface area contributed by atoms with Crippen LogP contribution in [-0.4, -0.2) is 16.7 Å². The van der Waals surface area contributed by atoms with E-state index in [1.165, 1.54) is 11.3 Å². The average Bonchev–Trinajstić information content (AvgIpc) is 2.78. The molecule has 4 nitrogen and oxygen atoms in total. The summed E-state index contributed by atoms with van der Waals surface area (Å²) in [5.74, 6) is 0.473. The molecule has 0 spiro atoms. The predicted molar refractivity (Wildman–Crippen MR) is 87.2 cm³/mol. The molecular formula is C15H17ClN2O2S. The number of hydrogen-bond acceptors (Lipinski definition) is 4. The monoisotopic (exact) mass is 324 g/mol. The minimum absolute atomic E-state index is 0.473. The molecule has 0 bridgehead atoms. The lowest BCUT2D eigenvalue weighted by Crippen LogP contribution is -2.27. The van der Waals surface area contributed by atoms with Crippen LogP contribution in [-0.2, 0) is 4.74 Å². The van der Waals surface area contributed by atoms with Crippen molar-refractivity contribution in [3.63, 3.8) is 0 Å². The molecule has 0 aliphatic carbocycles. The molecule has 0 aliphatic rings. The molecule has 2 rings (SSSR count). The van der Waals surface area contributed by atoms with Gasteiger partial charge in [-0.1, -0.05) is 23.7 Å². The minimum Gasteiger partial charge on any atom is -0.444 e. The first kappa shape index (κ1) is 15.8. The number of aryl methyl sites for hydroxylation is 1. The van der Waals surface area contributed by atoms with E-state index in [2.05, 4.69) is 10.3 Å². The van der Waals surface area contributed by atoms with Crippen LogP contribution in [0.1, 0.15) is 26.3 Å². The molecule has 0 saturated carbocycles. The van der Waals surface area contributed by atoms with Gasteiger partial charge >= 0.3 is 6.09 Å². The van der Waals surface area contributed by atoms with Gasteiger partial charge in [0.25, 0.3) is 0 Å². The van der Waals surface area contributed by atoms with Crippen LogP contribution >= 0.6 is 22.9 Å². The quantitative estimate of drug-likeness (QED) is 0.834. The lowest BCUT2D eigenvalue weighted by Gasteiger charge is -2.19. The van der Waals surface area contributed by atoms with Gasteiger partial charge in [-0.15, -0.1) is 11.3 Å². The van der Waals surface area contributed by atoms with Gasteiger partial charge in [-0.2, -0.15) is 0 Å². The standard InChI is InChI=1S/C15H17ClN2O2S/c1-9-5-6-10(7-11(9)16)13-17-12(8-21-13)18-14(19)20-15(2,3)4/h5-8H,1-4H3,(H,18,19). The van der Waals surface area contributed by atoms with Crippen LogP contribution < -0.4 is 5.32 Å². The van der Waals surface area contributed by atoms with E-state index in [4.69, 9.17) is 16.3 Å². The summed E-state index contributed by atoms with van der Waals surface area (Å²) < 4.78 is 5.18. The summed E-state index contributed by atoms with van der Waals surface area (Å²) in [5, 5.41) is 5.88. The first-order valence-electron chi connectivity index (χ1n) is 6.47. The van der Waals surface area contributed by atoms with E-state index in [1.54, 1.807) is 5.38 Å². The molecule has 0 radical (unpaired) electrons. The molecule has 1 amide bonds. The van der Waals surface area contributed by atoms with Crippen LogP contribution in [0.3, 0.4) is 0 Å². The SMILES string of the molecule is Cc1ccc(-c2nc(NC(=O)OC(C)(C)C)cs2)cc1Cl. The number of halogens is 1. The van der Waals surface area contributed by atoms with Crippen molar-refractivity contribution >= 4 is 34.8 Å². The minimum atomic E-state index is -0.534. The van der Waals surface area contributed by atoms with Gasteiger partial charge in [0.2, 0.25) is 0 Å². The lowest BCUT2D eigenvalue weighted by atomic mass is 10.1. The van der Waals surface area contributed by atoms with Crippen molar-refractivity contribution in [1.29, 1.82) is 0 Å². The number of thiazole rings is 1. The summed E-state index contributed by atoms with van der Waals surface area (Å²) in [4.78, 5) is 16.1. The zero-order valence-corrected chi connectivity index (χ0v) is 13.9. The number of benzene rings is 1. The molecule has 112 valence electrons. The van der Waals surface area contributed by atoms with Gasteiger partial charge in [0, 0.05) is 16.0 Å². The Kier molecular flexibility index (Phi) is 4.54. The number of anilines is 1. The predicted octanol–water partition coefficient (Wildman–Crippen LogP) is 5.12. The molecule has 1 aromatic heterocycles. The molecule has 1 N–H and O–H groups in total. The largest absolute Gasteiger partial charge is 0.444 e. The Morgan fingerprint density at radius 2 is 2.10 bits per heavy atom. The van der Waals surface area contributed by atoms with Crippen LogP contribution in [0.5, 0.6) is 0 Å². The summed E-state index contributed by atoms with van der Waals surface area (Å²) in [7, 11) is 0. The maximum atomic E-state index is 11.7. The van der Waals surface area contributed by atoms with Crippen molar-refractivity contribution in [2.75, 3.05) is 5.32 Å². The number of ether oxygens (including phenoxy) is 1. The Bertz CT molecular complexity index is 662. The van der Waals surface area contributed by atoms with E-state index in [9.17, 15) is 4.79 Å². The highest BCUT2D eigenvalue weighted by molar-refractivity contribution is 7.13. The van der Waals surface area contributed by atoms with Crippen molar-refractivity contribution in [2.24, 2.45) is 0 Å². The third kappa shape index (κ3) is 4.44. The molecule has 2 aromatic rings. The summed E-state index contributed by atoms with van der Waals surface area (Å²) in [5.41, 5.74) is 1.41. The third-order valence-corrected chi connectivity index (χ3v) is 3.85. The second-order valence-corrected chi connectivity index (χ2v) is 6.89.